The number of nitrogens with zero attached hydrogens (tertiary/aromatic N) is 5. The molecule has 10 heteroatoms. The quantitative estimate of drug-likeness (QED) is 0.335. The molecule has 31 heavy (non-hydrogen) atoms. The minimum absolute atomic E-state index is 0.0846. The predicted octanol–water partition coefficient (Wildman–Crippen LogP) is 4.61. The van der Waals surface area contributed by atoms with Gasteiger partial charge < -0.3 is 10.3 Å². The molecule has 0 bridgehead atoms. The number of anilines is 2. The van der Waals surface area contributed by atoms with E-state index >= 15 is 0 Å². The van der Waals surface area contributed by atoms with E-state index < -0.39 is 0 Å². The van der Waals surface area contributed by atoms with Gasteiger partial charge in [0.2, 0.25) is 11.1 Å². The second-order valence-electron chi connectivity index (χ2n) is 7.10. The zero-order valence-corrected chi connectivity index (χ0v) is 19.3. The fourth-order valence-electron chi connectivity index (χ4n) is 3.07. The van der Waals surface area contributed by atoms with Crippen LogP contribution < -0.4 is 10.7 Å². The maximum atomic E-state index is 12.4. The summed E-state index contributed by atoms with van der Waals surface area (Å²) in [6.07, 6.45) is 1.60. The SMILES string of the molecule is CC(=O)N(c1ccc(C)c(C)c1)c1nc(CSc2nnc(-c3ccoc3C)n2N)cs1. The van der Waals surface area contributed by atoms with Crippen LogP contribution in [0, 0.1) is 20.8 Å². The van der Waals surface area contributed by atoms with E-state index in [1.165, 1.54) is 33.3 Å². The summed E-state index contributed by atoms with van der Waals surface area (Å²) >= 11 is 2.86. The number of rotatable bonds is 6. The molecule has 0 aliphatic heterocycles. The molecule has 0 radical (unpaired) electrons. The van der Waals surface area contributed by atoms with Crippen molar-refractivity contribution < 1.29 is 9.21 Å². The first-order valence-electron chi connectivity index (χ1n) is 9.55. The summed E-state index contributed by atoms with van der Waals surface area (Å²) in [6.45, 7) is 7.47. The number of hydrogen-bond donors (Lipinski definition) is 1. The van der Waals surface area contributed by atoms with Crippen molar-refractivity contribution in [1.29, 1.82) is 0 Å². The molecule has 3 heterocycles. The van der Waals surface area contributed by atoms with E-state index in [4.69, 9.17) is 10.3 Å². The van der Waals surface area contributed by atoms with E-state index in [9.17, 15) is 4.79 Å². The van der Waals surface area contributed by atoms with Gasteiger partial charge in [0, 0.05) is 18.1 Å². The Morgan fingerprint density at radius 3 is 2.71 bits per heavy atom. The van der Waals surface area contributed by atoms with Gasteiger partial charge in [0.15, 0.2) is 11.0 Å². The molecule has 2 N–H and O–H groups in total. The zero-order chi connectivity index (χ0) is 22.1. The Morgan fingerprint density at radius 1 is 1.23 bits per heavy atom. The lowest BCUT2D eigenvalue weighted by Crippen LogP contribution is -2.22. The second kappa shape index (κ2) is 8.56. The van der Waals surface area contributed by atoms with Gasteiger partial charge in [0.05, 0.1) is 23.2 Å². The van der Waals surface area contributed by atoms with Crippen molar-refractivity contribution in [2.24, 2.45) is 0 Å². The minimum atomic E-state index is -0.0846. The third kappa shape index (κ3) is 4.21. The van der Waals surface area contributed by atoms with Crippen LogP contribution in [0.15, 0.2) is 45.5 Å². The lowest BCUT2D eigenvalue weighted by molar-refractivity contribution is -0.115. The molecule has 0 saturated carbocycles. The molecule has 1 amide bonds. The maximum Gasteiger partial charge on any atom is 0.230 e. The number of furan rings is 1. The molecule has 0 saturated heterocycles. The fraction of sp³-hybridized carbons (Fsp3) is 0.238. The van der Waals surface area contributed by atoms with Crippen molar-refractivity contribution in [3.63, 3.8) is 0 Å². The van der Waals surface area contributed by atoms with Crippen molar-refractivity contribution in [3.8, 4) is 11.4 Å². The number of nitrogens with two attached hydrogens (primary N) is 1. The van der Waals surface area contributed by atoms with Crippen LogP contribution in [0.4, 0.5) is 10.8 Å². The maximum absolute atomic E-state index is 12.4. The highest BCUT2D eigenvalue weighted by atomic mass is 32.2. The molecule has 0 aliphatic carbocycles. The van der Waals surface area contributed by atoms with Crippen LogP contribution in [0.2, 0.25) is 0 Å². The average molecular weight is 455 g/mol. The number of carbonyl (C=O) groups is 1. The molecule has 0 atom stereocenters. The summed E-state index contributed by atoms with van der Waals surface area (Å²) in [4.78, 5) is 18.7. The summed E-state index contributed by atoms with van der Waals surface area (Å²) in [5.74, 6) is 7.93. The topological polar surface area (TPSA) is 103 Å². The monoisotopic (exact) mass is 454 g/mol. The van der Waals surface area contributed by atoms with Gasteiger partial charge in [-0.25, -0.2) is 9.66 Å². The number of thiazole rings is 1. The van der Waals surface area contributed by atoms with Crippen molar-refractivity contribution >= 4 is 39.8 Å². The molecule has 1 aromatic carbocycles. The summed E-state index contributed by atoms with van der Waals surface area (Å²) in [6, 6.07) is 7.77. The number of carbonyl (C=O) groups excluding carboxylic acids is 1. The summed E-state index contributed by atoms with van der Waals surface area (Å²) in [7, 11) is 0. The molecule has 4 rings (SSSR count). The van der Waals surface area contributed by atoms with Gasteiger partial charge >= 0.3 is 0 Å². The Bertz CT molecular complexity index is 1240. The van der Waals surface area contributed by atoms with Crippen LogP contribution in [0.5, 0.6) is 0 Å². The number of thioether (sulfide) groups is 1. The van der Waals surface area contributed by atoms with E-state index in [0.717, 1.165) is 28.3 Å². The Labute approximate surface area is 188 Å². The number of aryl methyl sites for hydroxylation is 3. The van der Waals surface area contributed by atoms with Gasteiger partial charge in [-0.15, -0.1) is 21.5 Å². The predicted molar refractivity (Wildman–Crippen MR) is 123 cm³/mol. The van der Waals surface area contributed by atoms with Crippen molar-refractivity contribution in [1.82, 2.24) is 19.9 Å². The Hall–Kier alpha value is -3.11. The molecule has 0 spiro atoms. The molecule has 4 aromatic rings. The molecule has 8 nitrogen and oxygen atoms in total. The minimum Gasteiger partial charge on any atom is -0.469 e. The van der Waals surface area contributed by atoms with E-state index in [1.54, 1.807) is 18.1 Å². The van der Waals surface area contributed by atoms with Gasteiger partial charge in [0.1, 0.15) is 5.76 Å². The smallest absolute Gasteiger partial charge is 0.230 e. The van der Waals surface area contributed by atoms with Crippen LogP contribution in [0.25, 0.3) is 11.4 Å². The molecular formula is C21H22N6O2S2. The first kappa shape index (κ1) is 21.1. The summed E-state index contributed by atoms with van der Waals surface area (Å²) in [5, 5.41) is 11.5. The zero-order valence-electron chi connectivity index (χ0n) is 17.6. The van der Waals surface area contributed by atoms with Crippen molar-refractivity contribution in [2.75, 3.05) is 10.7 Å². The number of hydrogen-bond acceptors (Lipinski definition) is 8. The molecule has 0 unspecified atom stereocenters. The number of nitrogen functional groups attached to an aromatic ring is 1. The van der Waals surface area contributed by atoms with E-state index in [2.05, 4.69) is 15.2 Å². The number of benzene rings is 1. The molecule has 0 fully saturated rings. The van der Waals surface area contributed by atoms with Crippen LogP contribution in [0.3, 0.4) is 0 Å². The van der Waals surface area contributed by atoms with Crippen molar-refractivity contribution in [3.05, 3.63) is 58.5 Å². The molecular weight excluding hydrogens is 432 g/mol. The highest BCUT2D eigenvalue weighted by Gasteiger charge is 2.20. The van der Waals surface area contributed by atoms with E-state index in [1.807, 2.05) is 50.4 Å². The first-order chi connectivity index (χ1) is 14.8. The van der Waals surface area contributed by atoms with Crippen LogP contribution in [0.1, 0.15) is 29.5 Å². The highest BCUT2D eigenvalue weighted by molar-refractivity contribution is 7.98. The first-order valence-corrected chi connectivity index (χ1v) is 11.4. The number of amides is 1. The lowest BCUT2D eigenvalue weighted by Gasteiger charge is -2.19. The Balaban J connectivity index is 1.51. The number of aromatic nitrogens is 4. The van der Waals surface area contributed by atoms with Gasteiger partial charge in [-0.3, -0.25) is 9.69 Å². The fourth-order valence-corrected chi connectivity index (χ4v) is 4.81. The largest absolute Gasteiger partial charge is 0.469 e. The Morgan fingerprint density at radius 2 is 2.03 bits per heavy atom. The third-order valence-electron chi connectivity index (χ3n) is 4.91. The summed E-state index contributed by atoms with van der Waals surface area (Å²) in [5.41, 5.74) is 4.76. The van der Waals surface area contributed by atoms with Crippen LogP contribution in [-0.4, -0.2) is 25.8 Å². The van der Waals surface area contributed by atoms with Gasteiger partial charge in [0.25, 0.3) is 0 Å². The molecule has 0 aliphatic rings. The highest BCUT2D eigenvalue weighted by Crippen LogP contribution is 2.32. The standard InChI is InChI=1S/C21H22N6O2S2/c1-12-5-6-17(9-13(12)2)26(15(4)28)20-23-16(10-30-20)11-31-21-25-24-19(27(21)22)18-7-8-29-14(18)3/h5-10H,11,22H2,1-4H3. The second-order valence-corrected chi connectivity index (χ2v) is 8.88. The van der Waals surface area contributed by atoms with E-state index in [-0.39, 0.29) is 5.91 Å². The third-order valence-corrected chi connectivity index (χ3v) is 6.76. The average Bonchev–Trinajstić information content (AvgIpc) is 3.44. The lowest BCUT2D eigenvalue weighted by atomic mass is 10.1. The van der Waals surface area contributed by atoms with Crippen LogP contribution >= 0.6 is 23.1 Å². The van der Waals surface area contributed by atoms with Gasteiger partial charge in [-0.1, -0.05) is 17.8 Å². The van der Waals surface area contributed by atoms with Crippen molar-refractivity contribution in [2.45, 2.75) is 38.6 Å². The molecule has 3 aromatic heterocycles. The molecule has 160 valence electrons. The Kier molecular flexibility index (Phi) is 5.84. The van der Waals surface area contributed by atoms with E-state index in [0.29, 0.717) is 21.9 Å². The van der Waals surface area contributed by atoms with Gasteiger partial charge in [-0.2, -0.15) is 0 Å². The van der Waals surface area contributed by atoms with Gasteiger partial charge in [-0.05, 0) is 50.1 Å². The van der Waals surface area contributed by atoms with Crippen LogP contribution in [-0.2, 0) is 10.5 Å². The summed E-state index contributed by atoms with van der Waals surface area (Å²) < 4.78 is 6.77. The normalized spacial score (nSPS) is 11.1.